The number of methoxy groups -OCH3 is 1. The summed E-state index contributed by atoms with van der Waals surface area (Å²) in [5, 5.41) is 2.95. The topological polar surface area (TPSA) is 38.3 Å². The van der Waals surface area contributed by atoms with Crippen molar-refractivity contribution in [3.63, 3.8) is 0 Å². The highest BCUT2D eigenvalue weighted by molar-refractivity contribution is 6.30. The summed E-state index contributed by atoms with van der Waals surface area (Å²) in [7, 11) is 1.28. The lowest BCUT2D eigenvalue weighted by Crippen LogP contribution is -2.14. The third-order valence-corrected chi connectivity index (χ3v) is 1.75. The maximum absolute atomic E-state index is 12.8. The van der Waals surface area contributed by atoms with Crippen LogP contribution in [0.2, 0.25) is 5.02 Å². The number of nitrogens with one attached hydrogen (secondary N) is 1. The standard InChI is InChI=1S/C9H9ClFNO2/c1-14-9(13)5-12-8-3-6(10)2-7(11)4-8/h2-4,12H,5H2,1H3. The molecule has 1 aromatic carbocycles. The second kappa shape index (κ2) is 4.81. The van der Waals surface area contributed by atoms with Crippen LogP contribution in [0, 0.1) is 5.82 Å². The molecule has 0 aliphatic rings. The Balaban J connectivity index is 2.63. The summed E-state index contributed by atoms with van der Waals surface area (Å²) < 4.78 is 17.2. The number of esters is 1. The minimum absolute atomic E-state index is 0.0176. The van der Waals surface area contributed by atoms with Crippen molar-refractivity contribution in [2.45, 2.75) is 0 Å². The van der Waals surface area contributed by atoms with E-state index in [2.05, 4.69) is 10.1 Å². The van der Waals surface area contributed by atoms with E-state index in [1.54, 1.807) is 0 Å². The molecule has 0 spiro atoms. The van der Waals surface area contributed by atoms with Crippen molar-refractivity contribution in [3.05, 3.63) is 29.0 Å². The summed E-state index contributed by atoms with van der Waals surface area (Å²) in [4.78, 5) is 10.7. The fraction of sp³-hybridized carbons (Fsp3) is 0.222. The predicted molar refractivity (Wildman–Crippen MR) is 51.9 cm³/mol. The molecule has 0 amide bonds. The quantitative estimate of drug-likeness (QED) is 0.788. The van der Waals surface area contributed by atoms with Crippen molar-refractivity contribution < 1.29 is 13.9 Å². The van der Waals surface area contributed by atoms with Crippen molar-refractivity contribution in [2.75, 3.05) is 19.0 Å². The van der Waals surface area contributed by atoms with Gasteiger partial charge < -0.3 is 10.1 Å². The van der Waals surface area contributed by atoms with Crippen molar-refractivity contribution in [2.24, 2.45) is 0 Å². The van der Waals surface area contributed by atoms with Crippen molar-refractivity contribution >= 4 is 23.3 Å². The van der Waals surface area contributed by atoms with E-state index < -0.39 is 11.8 Å². The largest absolute Gasteiger partial charge is 0.468 e. The van der Waals surface area contributed by atoms with Crippen LogP contribution in [-0.2, 0) is 9.53 Å². The Morgan fingerprint density at radius 3 is 2.86 bits per heavy atom. The maximum atomic E-state index is 12.8. The highest BCUT2D eigenvalue weighted by Gasteiger charge is 2.02. The molecular weight excluding hydrogens is 209 g/mol. The lowest BCUT2D eigenvalue weighted by atomic mass is 10.3. The Kier molecular flexibility index (Phi) is 3.71. The van der Waals surface area contributed by atoms with E-state index in [9.17, 15) is 9.18 Å². The van der Waals surface area contributed by atoms with E-state index in [0.717, 1.165) is 0 Å². The molecular formula is C9H9ClFNO2. The Labute approximate surface area is 85.8 Å². The van der Waals surface area contributed by atoms with E-state index in [4.69, 9.17) is 11.6 Å². The number of carbonyl (C=O) groups excluding carboxylic acids is 1. The molecule has 0 fully saturated rings. The van der Waals surface area contributed by atoms with Gasteiger partial charge in [-0.05, 0) is 18.2 Å². The van der Waals surface area contributed by atoms with Crippen LogP contribution < -0.4 is 5.32 Å². The number of benzene rings is 1. The second-order valence-corrected chi connectivity index (χ2v) is 3.02. The van der Waals surface area contributed by atoms with E-state index in [0.29, 0.717) is 5.69 Å². The van der Waals surface area contributed by atoms with Gasteiger partial charge in [0.2, 0.25) is 0 Å². The smallest absolute Gasteiger partial charge is 0.325 e. The molecule has 0 aliphatic heterocycles. The van der Waals surface area contributed by atoms with Gasteiger partial charge in [0.25, 0.3) is 0 Å². The Morgan fingerprint density at radius 2 is 2.29 bits per heavy atom. The first-order chi connectivity index (χ1) is 6.61. The zero-order valence-corrected chi connectivity index (χ0v) is 8.27. The van der Waals surface area contributed by atoms with Gasteiger partial charge in [0.05, 0.1) is 7.11 Å². The fourth-order valence-electron chi connectivity index (χ4n) is 0.902. The number of rotatable bonds is 3. The molecule has 3 nitrogen and oxygen atoms in total. The van der Waals surface area contributed by atoms with E-state index >= 15 is 0 Å². The average molecular weight is 218 g/mol. The number of anilines is 1. The summed E-state index contributed by atoms with van der Waals surface area (Å²) in [6.07, 6.45) is 0. The summed E-state index contributed by atoms with van der Waals surface area (Å²) in [5.74, 6) is -0.879. The number of carbonyl (C=O) groups is 1. The first-order valence-corrected chi connectivity index (χ1v) is 4.26. The molecule has 0 unspecified atom stereocenters. The van der Waals surface area contributed by atoms with Crippen LogP contribution >= 0.6 is 11.6 Å². The molecule has 0 saturated heterocycles. The van der Waals surface area contributed by atoms with Crippen molar-refractivity contribution in [1.82, 2.24) is 0 Å². The van der Waals surface area contributed by atoms with E-state index in [-0.39, 0.29) is 11.6 Å². The van der Waals surface area contributed by atoms with Crippen LogP contribution in [0.3, 0.4) is 0 Å². The van der Waals surface area contributed by atoms with Crippen LogP contribution in [0.25, 0.3) is 0 Å². The van der Waals surface area contributed by atoms with Crippen LogP contribution in [0.5, 0.6) is 0 Å². The predicted octanol–water partition coefficient (Wildman–Crippen LogP) is 2.06. The number of halogens is 2. The number of hydrogen-bond acceptors (Lipinski definition) is 3. The maximum Gasteiger partial charge on any atom is 0.325 e. The Morgan fingerprint density at radius 1 is 1.57 bits per heavy atom. The van der Waals surface area contributed by atoms with Gasteiger partial charge in [0.15, 0.2) is 0 Å². The van der Waals surface area contributed by atoms with Gasteiger partial charge in [-0.2, -0.15) is 0 Å². The monoisotopic (exact) mass is 217 g/mol. The second-order valence-electron chi connectivity index (χ2n) is 2.59. The zero-order valence-electron chi connectivity index (χ0n) is 7.51. The summed E-state index contributed by atoms with van der Waals surface area (Å²) >= 11 is 5.60. The van der Waals surface area contributed by atoms with Crippen LogP contribution in [0.1, 0.15) is 0 Å². The van der Waals surface area contributed by atoms with Gasteiger partial charge in [-0.1, -0.05) is 11.6 Å². The lowest BCUT2D eigenvalue weighted by Gasteiger charge is -2.05. The minimum atomic E-state index is -0.454. The van der Waals surface area contributed by atoms with Gasteiger partial charge in [-0.25, -0.2) is 4.39 Å². The summed E-state index contributed by atoms with van der Waals surface area (Å²) in [5.41, 5.74) is 0.445. The average Bonchev–Trinajstić information content (AvgIpc) is 2.12. The fourth-order valence-corrected chi connectivity index (χ4v) is 1.12. The van der Waals surface area contributed by atoms with Gasteiger partial charge in [0, 0.05) is 10.7 Å². The first-order valence-electron chi connectivity index (χ1n) is 3.88. The molecule has 1 rings (SSSR count). The summed E-state index contributed by atoms with van der Waals surface area (Å²) in [6, 6.07) is 3.95. The van der Waals surface area contributed by atoms with Crippen LogP contribution in [0.4, 0.5) is 10.1 Å². The molecule has 0 radical (unpaired) electrons. The number of hydrogen-bond donors (Lipinski definition) is 1. The molecule has 1 aromatic rings. The summed E-state index contributed by atoms with van der Waals surface area (Å²) in [6.45, 7) is -0.0176. The van der Waals surface area contributed by atoms with Gasteiger partial charge in [0.1, 0.15) is 12.4 Å². The van der Waals surface area contributed by atoms with Gasteiger partial charge in [-0.15, -0.1) is 0 Å². The minimum Gasteiger partial charge on any atom is -0.468 e. The van der Waals surface area contributed by atoms with Crippen molar-refractivity contribution in [1.29, 1.82) is 0 Å². The van der Waals surface area contributed by atoms with Gasteiger partial charge >= 0.3 is 5.97 Å². The Hall–Kier alpha value is -1.29. The molecule has 14 heavy (non-hydrogen) atoms. The molecule has 1 N–H and O–H groups in total. The highest BCUT2D eigenvalue weighted by Crippen LogP contribution is 2.17. The lowest BCUT2D eigenvalue weighted by molar-refractivity contribution is -0.138. The molecule has 0 atom stereocenters. The molecule has 76 valence electrons. The van der Waals surface area contributed by atoms with E-state index in [1.165, 1.54) is 25.3 Å². The SMILES string of the molecule is COC(=O)CNc1cc(F)cc(Cl)c1. The first kappa shape index (κ1) is 10.8. The molecule has 0 heterocycles. The molecule has 0 bridgehead atoms. The third kappa shape index (κ3) is 3.22. The third-order valence-electron chi connectivity index (χ3n) is 1.53. The molecule has 5 heteroatoms. The normalized spacial score (nSPS) is 9.64. The molecule has 0 aliphatic carbocycles. The van der Waals surface area contributed by atoms with E-state index in [1.807, 2.05) is 0 Å². The van der Waals surface area contributed by atoms with Gasteiger partial charge in [-0.3, -0.25) is 4.79 Å². The molecule has 0 saturated carbocycles. The zero-order chi connectivity index (χ0) is 10.6. The van der Waals surface area contributed by atoms with Crippen molar-refractivity contribution in [3.8, 4) is 0 Å². The van der Waals surface area contributed by atoms with Crippen LogP contribution in [0.15, 0.2) is 18.2 Å². The Bertz CT molecular complexity index is 323. The highest BCUT2D eigenvalue weighted by atomic mass is 35.5. The number of ether oxygens (including phenoxy) is 1. The molecule has 0 aromatic heterocycles. The van der Waals surface area contributed by atoms with Crippen LogP contribution in [-0.4, -0.2) is 19.6 Å².